The molecule has 0 saturated carbocycles. The van der Waals surface area contributed by atoms with Crippen molar-refractivity contribution < 1.29 is 23.1 Å². The fraction of sp³-hybridized carbons (Fsp3) is 0.429. The molecule has 0 bridgehead atoms. The predicted octanol–water partition coefficient (Wildman–Crippen LogP) is 3.63. The summed E-state index contributed by atoms with van der Waals surface area (Å²) in [5.41, 5.74) is -1.15. The third kappa shape index (κ3) is 5.34. The number of halogens is 3. The molecule has 0 heterocycles. The summed E-state index contributed by atoms with van der Waals surface area (Å²) in [5.74, 6) is -0.903. The first-order valence-corrected chi connectivity index (χ1v) is 6.33. The molecule has 0 radical (unpaired) electrons. The van der Waals surface area contributed by atoms with Gasteiger partial charge in [0.25, 0.3) is 0 Å². The molecule has 0 fully saturated rings. The molecule has 0 amide bonds. The molecule has 1 atom stereocenters. The number of hydrogen-bond donors (Lipinski definition) is 2. The second kappa shape index (κ2) is 6.97. The standard InChI is InChI=1S/C14H15F3N2O2/c1-9(3-2-4-13(20)21)19-11-6-5-10(8-18)12(7-11)14(15,16)17/h5-7,9,19H,2-4H2,1H3,(H,20,21). The highest BCUT2D eigenvalue weighted by molar-refractivity contribution is 5.66. The second-order valence-electron chi connectivity index (χ2n) is 4.70. The highest BCUT2D eigenvalue weighted by Gasteiger charge is 2.33. The van der Waals surface area contributed by atoms with Crippen molar-refractivity contribution in [1.29, 1.82) is 5.26 Å². The lowest BCUT2D eigenvalue weighted by molar-refractivity contribution is -0.138. The molecule has 114 valence electrons. The van der Waals surface area contributed by atoms with E-state index in [4.69, 9.17) is 10.4 Å². The van der Waals surface area contributed by atoms with E-state index in [0.29, 0.717) is 12.8 Å². The van der Waals surface area contributed by atoms with E-state index in [1.807, 2.05) is 0 Å². The summed E-state index contributed by atoms with van der Waals surface area (Å²) in [6.45, 7) is 1.76. The second-order valence-corrected chi connectivity index (χ2v) is 4.70. The summed E-state index contributed by atoms with van der Waals surface area (Å²) in [4.78, 5) is 10.4. The van der Waals surface area contributed by atoms with E-state index in [2.05, 4.69) is 5.32 Å². The average Bonchev–Trinajstić information content (AvgIpc) is 2.37. The van der Waals surface area contributed by atoms with Gasteiger partial charge in [0.1, 0.15) is 0 Å². The average molecular weight is 300 g/mol. The summed E-state index contributed by atoms with van der Waals surface area (Å²) in [6.07, 6.45) is -3.61. The Hall–Kier alpha value is -2.23. The van der Waals surface area contributed by atoms with Crippen LogP contribution in [0.15, 0.2) is 18.2 Å². The number of carbonyl (C=O) groups is 1. The third-order valence-electron chi connectivity index (χ3n) is 2.89. The number of aliphatic carboxylic acids is 1. The van der Waals surface area contributed by atoms with Gasteiger partial charge in [0, 0.05) is 18.2 Å². The van der Waals surface area contributed by atoms with E-state index in [1.54, 1.807) is 6.92 Å². The van der Waals surface area contributed by atoms with Crippen LogP contribution in [0, 0.1) is 11.3 Å². The van der Waals surface area contributed by atoms with Gasteiger partial charge < -0.3 is 10.4 Å². The third-order valence-corrected chi connectivity index (χ3v) is 2.89. The minimum absolute atomic E-state index is 0.0210. The smallest absolute Gasteiger partial charge is 0.417 e. The number of alkyl halides is 3. The van der Waals surface area contributed by atoms with Gasteiger partial charge in [-0.3, -0.25) is 4.79 Å². The van der Waals surface area contributed by atoms with E-state index < -0.39 is 23.3 Å². The van der Waals surface area contributed by atoms with Crippen molar-refractivity contribution in [2.45, 2.75) is 38.4 Å². The molecular weight excluding hydrogens is 285 g/mol. The molecule has 2 N–H and O–H groups in total. The Morgan fingerprint density at radius 3 is 2.67 bits per heavy atom. The number of hydrogen-bond acceptors (Lipinski definition) is 3. The van der Waals surface area contributed by atoms with Crippen molar-refractivity contribution in [3.05, 3.63) is 29.3 Å². The van der Waals surface area contributed by atoms with Gasteiger partial charge in [-0.1, -0.05) is 0 Å². The van der Waals surface area contributed by atoms with E-state index in [9.17, 15) is 18.0 Å². The Morgan fingerprint density at radius 1 is 1.48 bits per heavy atom. The fourth-order valence-corrected chi connectivity index (χ4v) is 1.88. The van der Waals surface area contributed by atoms with Crippen LogP contribution < -0.4 is 5.32 Å². The lowest BCUT2D eigenvalue weighted by atomic mass is 10.1. The summed E-state index contributed by atoms with van der Waals surface area (Å²) in [5, 5.41) is 20.1. The monoisotopic (exact) mass is 300 g/mol. The van der Waals surface area contributed by atoms with Gasteiger partial charge in [-0.2, -0.15) is 18.4 Å². The molecule has 0 aliphatic rings. The van der Waals surface area contributed by atoms with Crippen molar-refractivity contribution in [1.82, 2.24) is 0 Å². The molecule has 1 unspecified atom stereocenters. The highest BCUT2D eigenvalue weighted by atomic mass is 19.4. The van der Waals surface area contributed by atoms with Crippen molar-refractivity contribution in [3.8, 4) is 6.07 Å². The molecular formula is C14H15F3N2O2. The van der Waals surface area contributed by atoms with Crippen LogP contribution in [0.25, 0.3) is 0 Å². The lowest BCUT2D eigenvalue weighted by Gasteiger charge is -2.17. The number of anilines is 1. The summed E-state index contributed by atoms with van der Waals surface area (Å²) >= 11 is 0. The molecule has 21 heavy (non-hydrogen) atoms. The van der Waals surface area contributed by atoms with E-state index in [-0.39, 0.29) is 18.2 Å². The number of nitrogens with zero attached hydrogens (tertiary/aromatic N) is 1. The van der Waals surface area contributed by atoms with Gasteiger partial charge in [-0.15, -0.1) is 0 Å². The number of rotatable bonds is 6. The first-order chi connectivity index (χ1) is 9.74. The number of carboxylic acid groups (broad SMARTS) is 1. The van der Waals surface area contributed by atoms with E-state index >= 15 is 0 Å². The summed E-state index contributed by atoms with van der Waals surface area (Å²) in [6, 6.07) is 4.77. The zero-order valence-corrected chi connectivity index (χ0v) is 11.4. The van der Waals surface area contributed by atoms with Crippen LogP contribution in [0.1, 0.15) is 37.3 Å². The molecule has 7 heteroatoms. The molecule has 4 nitrogen and oxygen atoms in total. The maximum absolute atomic E-state index is 12.8. The van der Waals surface area contributed by atoms with Crippen LogP contribution in [-0.4, -0.2) is 17.1 Å². The van der Waals surface area contributed by atoms with Crippen molar-refractivity contribution in [2.75, 3.05) is 5.32 Å². The minimum Gasteiger partial charge on any atom is -0.481 e. The SMILES string of the molecule is CC(CCCC(=O)O)Nc1ccc(C#N)c(C(F)(F)F)c1. The van der Waals surface area contributed by atoms with Gasteiger partial charge in [0.2, 0.25) is 0 Å². The quantitative estimate of drug-likeness (QED) is 0.841. The molecule has 0 aliphatic carbocycles. The highest BCUT2D eigenvalue weighted by Crippen LogP contribution is 2.33. The Bertz CT molecular complexity index is 550. The maximum atomic E-state index is 12.8. The number of carboxylic acids is 1. The zero-order valence-electron chi connectivity index (χ0n) is 11.4. The molecule has 1 rings (SSSR count). The first kappa shape index (κ1) is 16.8. The van der Waals surface area contributed by atoms with Crippen LogP contribution in [0.3, 0.4) is 0 Å². The molecule has 1 aromatic carbocycles. The Labute approximate surface area is 120 Å². The van der Waals surface area contributed by atoms with E-state index in [0.717, 1.165) is 12.1 Å². The molecule has 1 aromatic rings. The van der Waals surface area contributed by atoms with Crippen molar-refractivity contribution >= 4 is 11.7 Å². The molecule has 0 saturated heterocycles. The number of nitriles is 1. The van der Waals surface area contributed by atoms with Crippen LogP contribution in [0.5, 0.6) is 0 Å². The topological polar surface area (TPSA) is 73.1 Å². The van der Waals surface area contributed by atoms with Gasteiger partial charge in [-0.25, -0.2) is 0 Å². The van der Waals surface area contributed by atoms with Crippen LogP contribution >= 0.6 is 0 Å². The largest absolute Gasteiger partial charge is 0.481 e. The normalized spacial score (nSPS) is 12.5. The number of nitrogens with one attached hydrogen (secondary N) is 1. The van der Waals surface area contributed by atoms with Gasteiger partial charge in [0.15, 0.2) is 0 Å². The first-order valence-electron chi connectivity index (χ1n) is 6.33. The summed E-state index contributed by atoms with van der Waals surface area (Å²) < 4.78 is 38.4. The minimum atomic E-state index is -4.59. The van der Waals surface area contributed by atoms with Crippen molar-refractivity contribution in [2.24, 2.45) is 0 Å². The Kier molecular flexibility index (Phi) is 5.59. The Morgan fingerprint density at radius 2 is 2.14 bits per heavy atom. The predicted molar refractivity (Wildman–Crippen MR) is 70.7 cm³/mol. The Balaban J connectivity index is 2.76. The zero-order chi connectivity index (χ0) is 16.0. The molecule has 0 aliphatic heterocycles. The lowest BCUT2D eigenvalue weighted by Crippen LogP contribution is -2.16. The molecule has 0 spiro atoms. The fourth-order valence-electron chi connectivity index (χ4n) is 1.88. The van der Waals surface area contributed by atoms with E-state index in [1.165, 1.54) is 12.1 Å². The van der Waals surface area contributed by atoms with Crippen LogP contribution in [-0.2, 0) is 11.0 Å². The van der Waals surface area contributed by atoms with Crippen LogP contribution in [0.2, 0.25) is 0 Å². The van der Waals surface area contributed by atoms with Gasteiger partial charge >= 0.3 is 12.1 Å². The van der Waals surface area contributed by atoms with Gasteiger partial charge in [-0.05, 0) is 38.0 Å². The number of benzene rings is 1. The maximum Gasteiger partial charge on any atom is 0.417 e. The molecule has 0 aromatic heterocycles. The van der Waals surface area contributed by atoms with Crippen LogP contribution in [0.4, 0.5) is 18.9 Å². The van der Waals surface area contributed by atoms with Gasteiger partial charge in [0.05, 0.1) is 17.2 Å². The summed E-state index contributed by atoms with van der Waals surface area (Å²) in [7, 11) is 0. The van der Waals surface area contributed by atoms with Crippen molar-refractivity contribution in [3.63, 3.8) is 0 Å².